The molecular weight excluding hydrogens is 338 g/mol. The molecule has 4 aromatic rings. The number of nitrogens with zero attached hydrogens (tertiary/aromatic N) is 4. The van der Waals surface area contributed by atoms with E-state index in [2.05, 4.69) is 16.4 Å². The second-order valence-corrected chi connectivity index (χ2v) is 6.87. The van der Waals surface area contributed by atoms with Crippen LogP contribution in [0.1, 0.15) is 17.7 Å². The molecular formula is C21H19N5O. The van der Waals surface area contributed by atoms with Gasteiger partial charge in [0.15, 0.2) is 0 Å². The van der Waals surface area contributed by atoms with Crippen molar-refractivity contribution in [3.8, 4) is 11.3 Å². The van der Waals surface area contributed by atoms with Gasteiger partial charge in [-0.2, -0.15) is 0 Å². The van der Waals surface area contributed by atoms with E-state index in [0.717, 1.165) is 42.0 Å². The Hall–Kier alpha value is -3.25. The molecule has 0 bridgehead atoms. The van der Waals surface area contributed by atoms with Crippen molar-refractivity contribution in [2.24, 2.45) is 0 Å². The fourth-order valence-electron chi connectivity index (χ4n) is 3.60. The Kier molecular flexibility index (Phi) is 3.65. The molecule has 0 radical (unpaired) electrons. The number of imidazole rings is 1. The fourth-order valence-corrected chi connectivity index (χ4v) is 3.60. The van der Waals surface area contributed by atoms with Gasteiger partial charge in [-0.15, -0.1) is 0 Å². The van der Waals surface area contributed by atoms with Crippen molar-refractivity contribution in [3.05, 3.63) is 76.6 Å². The molecule has 0 amide bonds. The first-order valence-electron chi connectivity index (χ1n) is 9.07. The first-order valence-corrected chi connectivity index (χ1v) is 9.07. The third kappa shape index (κ3) is 2.84. The summed E-state index contributed by atoms with van der Waals surface area (Å²) in [4.78, 5) is 21.9. The number of nitrogens with one attached hydrogen (secondary N) is 1. The van der Waals surface area contributed by atoms with Crippen LogP contribution in [-0.2, 0) is 0 Å². The van der Waals surface area contributed by atoms with Crippen LogP contribution < -0.4 is 10.9 Å². The highest BCUT2D eigenvalue weighted by atomic mass is 16.1. The summed E-state index contributed by atoms with van der Waals surface area (Å²) in [6.45, 7) is 3.80. The molecule has 0 aliphatic carbocycles. The maximum absolute atomic E-state index is 12.7. The minimum atomic E-state index is -0.0757. The van der Waals surface area contributed by atoms with Crippen LogP contribution in [0.5, 0.6) is 0 Å². The lowest BCUT2D eigenvalue weighted by Crippen LogP contribution is -2.20. The Morgan fingerprint density at radius 3 is 2.70 bits per heavy atom. The van der Waals surface area contributed by atoms with Gasteiger partial charge in [0.1, 0.15) is 11.3 Å². The molecule has 1 aliphatic rings. The summed E-state index contributed by atoms with van der Waals surface area (Å²) in [7, 11) is 0. The third-order valence-electron chi connectivity index (χ3n) is 4.96. The first kappa shape index (κ1) is 16.0. The van der Waals surface area contributed by atoms with Crippen LogP contribution in [0, 0.1) is 6.92 Å². The quantitative estimate of drug-likeness (QED) is 0.599. The Morgan fingerprint density at radius 2 is 1.85 bits per heavy atom. The van der Waals surface area contributed by atoms with E-state index in [1.165, 1.54) is 5.57 Å². The highest BCUT2D eigenvalue weighted by Crippen LogP contribution is 2.21. The van der Waals surface area contributed by atoms with Gasteiger partial charge >= 0.3 is 0 Å². The van der Waals surface area contributed by atoms with Crippen molar-refractivity contribution in [2.45, 2.75) is 13.3 Å². The third-order valence-corrected chi connectivity index (χ3v) is 4.96. The number of rotatable bonds is 2. The van der Waals surface area contributed by atoms with E-state index in [1.807, 2.05) is 54.2 Å². The lowest BCUT2D eigenvalue weighted by atomic mass is 10.0. The molecule has 5 rings (SSSR count). The van der Waals surface area contributed by atoms with E-state index in [0.29, 0.717) is 11.3 Å². The number of hydrogen-bond donors (Lipinski definition) is 1. The molecule has 5 heterocycles. The van der Waals surface area contributed by atoms with Gasteiger partial charge in [0, 0.05) is 36.8 Å². The molecule has 6 heteroatoms. The van der Waals surface area contributed by atoms with Crippen LogP contribution in [0.4, 0.5) is 0 Å². The zero-order valence-corrected chi connectivity index (χ0v) is 15.0. The summed E-state index contributed by atoms with van der Waals surface area (Å²) in [5.41, 5.74) is 6.33. The number of aryl methyl sites for hydroxylation is 1. The largest absolute Gasteiger partial charge is 0.313 e. The normalized spacial score (nSPS) is 14.6. The second kappa shape index (κ2) is 6.17. The molecule has 0 fully saturated rings. The number of pyridine rings is 2. The molecule has 134 valence electrons. The monoisotopic (exact) mass is 357 g/mol. The number of hydrogen-bond acceptors (Lipinski definition) is 4. The van der Waals surface area contributed by atoms with Gasteiger partial charge in [0.25, 0.3) is 5.56 Å². The molecule has 27 heavy (non-hydrogen) atoms. The second-order valence-electron chi connectivity index (χ2n) is 6.87. The molecule has 4 aromatic heterocycles. The molecule has 1 N–H and O–H groups in total. The van der Waals surface area contributed by atoms with E-state index in [4.69, 9.17) is 4.98 Å². The maximum Gasteiger partial charge on any atom is 0.258 e. The van der Waals surface area contributed by atoms with Gasteiger partial charge in [-0.05, 0) is 55.3 Å². The van der Waals surface area contributed by atoms with E-state index in [-0.39, 0.29) is 5.56 Å². The van der Waals surface area contributed by atoms with E-state index >= 15 is 0 Å². The molecule has 0 atom stereocenters. The minimum Gasteiger partial charge on any atom is -0.313 e. The highest BCUT2D eigenvalue weighted by molar-refractivity contribution is 5.68. The SMILES string of the molecule is Cc1cn2cc(-c3cc(=O)n4cc(C5=CCNCC5)ccc4n3)ccc2n1. The van der Waals surface area contributed by atoms with Crippen molar-refractivity contribution >= 4 is 16.9 Å². The smallest absolute Gasteiger partial charge is 0.258 e. The Morgan fingerprint density at radius 1 is 1.00 bits per heavy atom. The zero-order valence-electron chi connectivity index (χ0n) is 15.0. The van der Waals surface area contributed by atoms with Crippen LogP contribution in [0.2, 0.25) is 0 Å². The first-order chi connectivity index (χ1) is 13.2. The van der Waals surface area contributed by atoms with Crippen molar-refractivity contribution in [1.82, 2.24) is 24.1 Å². The predicted molar refractivity (Wildman–Crippen MR) is 106 cm³/mol. The molecule has 6 nitrogen and oxygen atoms in total. The van der Waals surface area contributed by atoms with E-state index in [9.17, 15) is 4.79 Å². The molecule has 0 saturated heterocycles. The molecule has 1 aliphatic heterocycles. The molecule has 0 spiro atoms. The topological polar surface area (TPSA) is 63.7 Å². The number of aromatic nitrogens is 4. The van der Waals surface area contributed by atoms with Gasteiger partial charge in [0.05, 0.1) is 11.4 Å². The molecule has 0 aromatic carbocycles. The predicted octanol–water partition coefficient (Wildman–Crippen LogP) is 2.69. The summed E-state index contributed by atoms with van der Waals surface area (Å²) < 4.78 is 3.59. The van der Waals surface area contributed by atoms with Gasteiger partial charge in [-0.1, -0.05) is 6.08 Å². The Labute approximate surface area is 155 Å². The van der Waals surface area contributed by atoms with Crippen molar-refractivity contribution < 1.29 is 0 Å². The standard InChI is InChI=1S/C21H19N5O/c1-14-11-25-12-17(3-4-19(25)23-14)18-10-21(27)26-13-16(2-5-20(26)24-18)15-6-8-22-9-7-15/h2-6,10-13,22H,7-9H2,1H3. The lowest BCUT2D eigenvalue weighted by molar-refractivity contribution is 0.738. The summed E-state index contributed by atoms with van der Waals surface area (Å²) >= 11 is 0. The average Bonchev–Trinajstić information content (AvgIpc) is 3.07. The van der Waals surface area contributed by atoms with Crippen molar-refractivity contribution in [2.75, 3.05) is 13.1 Å². The summed E-state index contributed by atoms with van der Waals surface area (Å²) in [5, 5.41) is 3.31. The van der Waals surface area contributed by atoms with Crippen LogP contribution >= 0.6 is 0 Å². The highest BCUT2D eigenvalue weighted by Gasteiger charge is 2.10. The van der Waals surface area contributed by atoms with Gasteiger partial charge in [-0.25, -0.2) is 9.97 Å². The van der Waals surface area contributed by atoms with Crippen molar-refractivity contribution in [1.29, 1.82) is 0 Å². The van der Waals surface area contributed by atoms with Gasteiger partial charge < -0.3 is 9.72 Å². The fraction of sp³-hybridized carbons (Fsp3) is 0.190. The van der Waals surface area contributed by atoms with Crippen LogP contribution in [0.15, 0.2) is 59.8 Å². The summed E-state index contributed by atoms with van der Waals surface area (Å²) in [5.74, 6) is 0. The summed E-state index contributed by atoms with van der Waals surface area (Å²) in [6.07, 6.45) is 8.97. The summed E-state index contributed by atoms with van der Waals surface area (Å²) in [6, 6.07) is 9.46. The van der Waals surface area contributed by atoms with Gasteiger partial charge in [0.2, 0.25) is 0 Å². The maximum atomic E-state index is 12.7. The minimum absolute atomic E-state index is 0.0757. The van der Waals surface area contributed by atoms with E-state index < -0.39 is 0 Å². The van der Waals surface area contributed by atoms with E-state index in [1.54, 1.807) is 10.5 Å². The lowest BCUT2D eigenvalue weighted by Gasteiger charge is -2.15. The van der Waals surface area contributed by atoms with Crippen molar-refractivity contribution in [3.63, 3.8) is 0 Å². The Bertz CT molecular complexity index is 1260. The molecule has 0 saturated carbocycles. The van der Waals surface area contributed by atoms with Crippen LogP contribution in [0.25, 0.3) is 28.1 Å². The zero-order chi connectivity index (χ0) is 18.4. The van der Waals surface area contributed by atoms with Gasteiger partial charge in [-0.3, -0.25) is 9.20 Å². The van der Waals surface area contributed by atoms with Crippen LogP contribution in [0.3, 0.4) is 0 Å². The number of fused-ring (bicyclic) bond motifs is 2. The average molecular weight is 357 g/mol. The van der Waals surface area contributed by atoms with Crippen LogP contribution in [-0.4, -0.2) is 31.9 Å². The Balaban J connectivity index is 1.61. The molecule has 0 unspecified atom stereocenters.